The van der Waals surface area contributed by atoms with Crippen LogP contribution in [-0.2, 0) is 0 Å². The number of rotatable bonds is 6. The number of anilines is 1. The van der Waals surface area contributed by atoms with Gasteiger partial charge in [0.05, 0.1) is 32.7 Å². The Bertz CT molecular complexity index is 1430. The molecule has 1 atom stereocenters. The van der Waals surface area contributed by atoms with E-state index in [0.29, 0.717) is 43.1 Å². The molecule has 3 aliphatic rings. The third kappa shape index (κ3) is 6.24. The van der Waals surface area contributed by atoms with Crippen LogP contribution in [0.3, 0.4) is 0 Å². The van der Waals surface area contributed by atoms with E-state index in [1.165, 1.54) is 24.3 Å². The van der Waals surface area contributed by atoms with Crippen LogP contribution in [0.1, 0.15) is 27.1 Å². The van der Waals surface area contributed by atoms with Crippen molar-refractivity contribution in [3.63, 3.8) is 0 Å². The summed E-state index contributed by atoms with van der Waals surface area (Å²) in [5, 5.41) is 4.44. The standard InChI is InChI=1S/C32H35F2N5O3/c33-25-4-1-22(2-5-25)29-19-23(3-6-30(29)42-28-7-8-36-21-28)31(40)38-13-15-39(16-14-38)32(41)24-17-26(34)20-27(18-24)37-11-9-35-10-12-37/h1-6,17-20,28,35-36H,7-16,21H2/p+2/t28-/m0/s1. The summed E-state index contributed by atoms with van der Waals surface area (Å²) < 4.78 is 34.4. The quantitative estimate of drug-likeness (QED) is 0.463. The fourth-order valence-electron chi connectivity index (χ4n) is 6.00. The van der Waals surface area contributed by atoms with Crippen molar-refractivity contribution >= 4 is 17.5 Å². The molecule has 0 aliphatic carbocycles. The number of nitrogens with zero attached hydrogens (tertiary/aromatic N) is 3. The summed E-state index contributed by atoms with van der Waals surface area (Å²) in [5.74, 6) is -0.441. The number of hydrogen-bond acceptors (Lipinski definition) is 4. The van der Waals surface area contributed by atoms with Crippen molar-refractivity contribution in [2.75, 3.05) is 70.3 Å². The van der Waals surface area contributed by atoms with Gasteiger partial charge in [-0.05, 0) is 54.1 Å². The van der Waals surface area contributed by atoms with Crippen LogP contribution >= 0.6 is 0 Å². The second-order valence-corrected chi connectivity index (χ2v) is 11.2. The molecule has 3 aliphatic heterocycles. The normalized spacial score (nSPS) is 19.2. The third-order valence-electron chi connectivity index (χ3n) is 8.35. The summed E-state index contributed by atoms with van der Waals surface area (Å²) >= 11 is 0. The van der Waals surface area contributed by atoms with E-state index >= 15 is 0 Å². The first-order valence-corrected chi connectivity index (χ1v) is 14.8. The molecule has 0 spiro atoms. The van der Waals surface area contributed by atoms with E-state index in [4.69, 9.17) is 4.74 Å². The highest BCUT2D eigenvalue weighted by Gasteiger charge is 2.28. The van der Waals surface area contributed by atoms with Crippen LogP contribution in [0.25, 0.3) is 11.1 Å². The van der Waals surface area contributed by atoms with Gasteiger partial charge in [-0.2, -0.15) is 0 Å². The van der Waals surface area contributed by atoms with Crippen molar-refractivity contribution in [3.05, 3.63) is 83.4 Å². The lowest BCUT2D eigenvalue weighted by Crippen LogP contribution is -2.89. The largest absolute Gasteiger partial charge is 0.484 e. The van der Waals surface area contributed by atoms with Gasteiger partial charge in [-0.3, -0.25) is 9.59 Å². The van der Waals surface area contributed by atoms with Crippen molar-refractivity contribution < 1.29 is 33.7 Å². The summed E-state index contributed by atoms with van der Waals surface area (Å²) in [6, 6.07) is 16.2. The monoisotopic (exact) mass is 577 g/mol. The number of hydrogen-bond donors (Lipinski definition) is 2. The summed E-state index contributed by atoms with van der Waals surface area (Å²) in [6.07, 6.45) is 1.03. The summed E-state index contributed by atoms with van der Waals surface area (Å²) in [6.45, 7) is 6.86. The fourth-order valence-corrected chi connectivity index (χ4v) is 6.00. The highest BCUT2D eigenvalue weighted by molar-refractivity contribution is 5.97. The van der Waals surface area contributed by atoms with Crippen LogP contribution in [0.5, 0.6) is 5.75 Å². The van der Waals surface area contributed by atoms with Crippen molar-refractivity contribution in [2.24, 2.45) is 0 Å². The molecule has 3 aromatic carbocycles. The molecular weight excluding hydrogens is 540 g/mol. The topological polar surface area (TPSA) is 86.3 Å². The minimum atomic E-state index is -0.422. The van der Waals surface area contributed by atoms with Crippen molar-refractivity contribution in [3.8, 4) is 16.9 Å². The predicted octanol–water partition coefficient (Wildman–Crippen LogP) is 1.33. The lowest BCUT2D eigenvalue weighted by molar-refractivity contribution is -0.655. The Morgan fingerprint density at radius 3 is 2.07 bits per heavy atom. The van der Waals surface area contributed by atoms with E-state index in [-0.39, 0.29) is 23.7 Å². The number of quaternary nitrogens is 2. The Labute approximate surface area is 244 Å². The third-order valence-corrected chi connectivity index (χ3v) is 8.35. The van der Waals surface area contributed by atoms with Gasteiger partial charge >= 0.3 is 0 Å². The molecule has 0 saturated carbocycles. The number of carbonyl (C=O) groups is 2. The summed E-state index contributed by atoms with van der Waals surface area (Å²) in [7, 11) is 0. The lowest BCUT2D eigenvalue weighted by Gasteiger charge is -2.35. The molecule has 10 heteroatoms. The summed E-state index contributed by atoms with van der Waals surface area (Å²) in [5.41, 5.74) is 3.09. The van der Waals surface area contributed by atoms with Crippen LogP contribution in [0.4, 0.5) is 14.5 Å². The van der Waals surface area contributed by atoms with Crippen LogP contribution in [0, 0.1) is 11.6 Å². The molecule has 0 radical (unpaired) electrons. The SMILES string of the molecule is O=C(c1cc(F)cc(N2CC[NH2+]CC2)c1)N1CCN(C(=O)c2ccc(O[C@H]3CC[NH2+]C3)c(-c3ccc(F)cc3)c2)CC1. The van der Waals surface area contributed by atoms with Gasteiger partial charge in [-0.25, -0.2) is 8.78 Å². The van der Waals surface area contributed by atoms with Crippen LogP contribution in [-0.4, -0.2) is 93.2 Å². The molecule has 3 aromatic rings. The first-order valence-electron chi connectivity index (χ1n) is 14.8. The minimum Gasteiger partial charge on any atom is -0.484 e. The van der Waals surface area contributed by atoms with E-state index < -0.39 is 5.82 Å². The molecule has 8 nitrogen and oxygen atoms in total. The van der Waals surface area contributed by atoms with Crippen molar-refractivity contribution in [2.45, 2.75) is 12.5 Å². The number of ether oxygens (including phenoxy) is 1. The van der Waals surface area contributed by atoms with Crippen LogP contribution < -0.4 is 20.3 Å². The first-order chi connectivity index (χ1) is 20.4. The highest BCUT2D eigenvalue weighted by Crippen LogP contribution is 2.33. The zero-order chi connectivity index (χ0) is 29.1. The second kappa shape index (κ2) is 12.5. The molecule has 0 bridgehead atoms. The Morgan fingerprint density at radius 2 is 1.40 bits per heavy atom. The van der Waals surface area contributed by atoms with Crippen LogP contribution in [0.2, 0.25) is 0 Å². The zero-order valence-corrected chi connectivity index (χ0v) is 23.6. The smallest absolute Gasteiger partial charge is 0.254 e. The average molecular weight is 578 g/mol. The molecule has 3 saturated heterocycles. The number of nitrogens with two attached hydrogens (primary N) is 2. The zero-order valence-electron chi connectivity index (χ0n) is 23.6. The molecule has 2 amide bonds. The average Bonchev–Trinajstić information content (AvgIpc) is 3.54. The molecule has 3 heterocycles. The second-order valence-electron chi connectivity index (χ2n) is 11.2. The molecule has 42 heavy (non-hydrogen) atoms. The van der Waals surface area contributed by atoms with Gasteiger partial charge in [0.2, 0.25) is 0 Å². The number of halogens is 2. The van der Waals surface area contributed by atoms with Gasteiger partial charge < -0.3 is 30.1 Å². The van der Waals surface area contributed by atoms with E-state index in [0.717, 1.165) is 62.5 Å². The lowest BCUT2D eigenvalue weighted by atomic mass is 10.0. The Kier molecular flexibility index (Phi) is 8.34. The van der Waals surface area contributed by atoms with E-state index in [1.54, 1.807) is 34.1 Å². The van der Waals surface area contributed by atoms with E-state index in [2.05, 4.69) is 15.5 Å². The summed E-state index contributed by atoms with van der Waals surface area (Å²) in [4.78, 5) is 32.4. The Morgan fingerprint density at radius 1 is 0.714 bits per heavy atom. The van der Waals surface area contributed by atoms with Crippen LogP contribution in [0.15, 0.2) is 60.7 Å². The molecule has 0 unspecified atom stereocenters. The Balaban J connectivity index is 1.15. The molecule has 4 N–H and O–H groups in total. The molecule has 0 aromatic heterocycles. The number of benzene rings is 3. The number of amides is 2. The maximum atomic E-state index is 14.5. The van der Waals surface area contributed by atoms with Gasteiger partial charge in [0, 0.05) is 55.0 Å². The van der Waals surface area contributed by atoms with E-state index in [9.17, 15) is 18.4 Å². The maximum Gasteiger partial charge on any atom is 0.254 e. The minimum absolute atomic E-state index is 0.0869. The molecule has 220 valence electrons. The van der Waals surface area contributed by atoms with Gasteiger partial charge in [0.1, 0.15) is 23.9 Å². The van der Waals surface area contributed by atoms with Crippen molar-refractivity contribution in [1.82, 2.24) is 9.80 Å². The van der Waals surface area contributed by atoms with Gasteiger partial charge in [0.15, 0.2) is 6.10 Å². The van der Waals surface area contributed by atoms with Crippen molar-refractivity contribution in [1.29, 1.82) is 0 Å². The number of piperazine rings is 2. The fraction of sp³-hybridized carbons (Fsp3) is 0.375. The molecule has 6 rings (SSSR count). The van der Waals surface area contributed by atoms with Gasteiger partial charge in [0.25, 0.3) is 11.8 Å². The van der Waals surface area contributed by atoms with Gasteiger partial charge in [-0.1, -0.05) is 12.1 Å². The first kappa shape index (κ1) is 28.1. The highest BCUT2D eigenvalue weighted by atomic mass is 19.1. The molecular formula is C32H37F2N5O3+2. The predicted molar refractivity (Wildman–Crippen MR) is 155 cm³/mol. The maximum absolute atomic E-state index is 14.5. The Hall–Kier alpha value is -4.02. The van der Waals surface area contributed by atoms with E-state index in [1.807, 2.05) is 12.1 Å². The molecule has 3 fully saturated rings. The van der Waals surface area contributed by atoms with Gasteiger partial charge in [-0.15, -0.1) is 0 Å². The number of carbonyl (C=O) groups excluding carboxylic acids is 2.